The number of urea groups is 1. The number of carbonyl (C=O) groups is 1. The van der Waals surface area contributed by atoms with Crippen LogP contribution in [0.3, 0.4) is 0 Å². The summed E-state index contributed by atoms with van der Waals surface area (Å²) in [5, 5.41) is 2.52. The maximum atomic E-state index is 11.6. The first-order valence-corrected chi connectivity index (χ1v) is 7.50. The van der Waals surface area contributed by atoms with Gasteiger partial charge in [0, 0.05) is 25.4 Å². The second-order valence-electron chi connectivity index (χ2n) is 4.62. The van der Waals surface area contributed by atoms with Crippen LogP contribution in [0.5, 0.6) is 0 Å². The summed E-state index contributed by atoms with van der Waals surface area (Å²) in [6.45, 7) is 4.86. The maximum Gasteiger partial charge on any atom is 0.317 e. The molecule has 1 saturated heterocycles. The molecule has 94 valence electrons. The quantitative estimate of drug-likeness (QED) is 0.778. The first-order chi connectivity index (χ1) is 7.30. The Hall–Kier alpha value is -0.780. The van der Waals surface area contributed by atoms with Gasteiger partial charge in [-0.15, -0.1) is 0 Å². The molecule has 1 N–H and O–H groups in total. The van der Waals surface area contributed by atoms with E-state index < -0.39 is 9.84 Å². The summed E-state index contributed by atoms with van der Waals surface area (Å²) in [5.74, 6) is 0. The Labute approximate surface area is 97.1 Å². The van der Waals surface area contributed by atoms with E-state index >= 15 is 0 Å². The average molecular weight is 248 g/mol. The Bertz CT molecular complexity index is 343. The molecule has 0 unspecified atom stereocenters. The van der Waals surface area contributed by atoms with Crippen molar-refractivity contribution in [2.24, 2.45) is 0 Å². The fraction of sp³-hybridized carbons (Fsp3) is 0.900. The van der Waals surface area contributed by atoms with Gasteiger partial charge >= 0.3 is 6.03 Å². The van der Waals surface area contributed by atoms with Gasteiger partial charge in [-0.1, -0.05) is 0 Å². The lowest BCUT2D eigenvalue weighted by Gasteiger charge is -2.31. The molecule has 6 heteroatoms. The molecule has 16 heavy (non-hydrogen) atoms. The molecule has 0 saturated carbocycles. The highest BCUT2D eigenvalue weighted by Gasteiger charge is 2.28. The molecular formula is C10H20N2O3S. The van der Waals surface area contributed by atoms with E-state index in [9.17, 15) is 13.2 Å². The normalized spacial score (nSPS) is 18.9. The number of carbonyl (C=O) groups excluding carboxylic acids is 1. The Kier molecular flexibility index (Phi) is 4.18. The van der Waals surface area contributed by atoms with Gasteiger partial charge in [0.1, 0.15) is 9.84 Å². The minimum atomic E-state index is -2.96. The number of sulfone groups is 1. The van der Waals surface area contributed by atoms with Gasteiger partial charge in [0.15, 0.2) is 0 Å². The molecule has 0 bridgehead atoms. The maximum absolute atomic E-state index is 11.6. The third-order valence-corrected chi connectivity index (χ3v) is 4.43. The first-order valence-electron chi connectivity index (χ1n) is 5.55. The van der Waals surface area contributed by atoms with Gasteiger partial charge in [-0.25, -0.2) is 13.2 Å². The third kappa shape index (κ3) is 3.66. The van der Waals surface area contributed by atoms with Crippen LogP contribution in [0, 0.1) is 0 Å². The zero-order valence-electron chi connectivity index (χ0n) is 10.1. The SMILES string of the molecule is CC(C)NC(=O)N1CCC(S(C)(=O)=O)CC1. The molecule has 1 fully saturated rings. The van der Waals surface area contributed by atoms with E-state index in [0.29, 0.717) is 25.9 Å². The lowest BCUT2D eigenvalue weighted by molar-refractivity contribution is 0.184. The Morgan fingerprint density at radius 3 is 2.19 bits per heavy atom. The van der Waals surface area contributed by atoms with Crippen LogP contribution in [0.15, 0.2) is 0 Å². The van der Waals surface area contributed by atoms with E-state index in [2.05, 4.69) is 5.32 Å². The molecule has 0 spiro atoms. The fourth-order valence-corrected chi connectivity index (χ4v) is 2.89. The third-order valence-electron chi connectivity index (χ3n) is 2.75. The zero-order chi connectivity index (χ0) is 12.3. The van der Waals surface area contributed by atoms with Crippen LogP contribution in [0.4, 0.5) is 4.79 Å². The summed E-state index contributed by atoms with van der Waals surface area (Å²) in [7, 11) is -2.96. The molecule has 0 aliphatic carbocycles. The van der Waals surface area contributed by atoms with Crippen LogP contribution in [0.25, 0.3) is 0 Å². The van der Waals surface area contributed by atoms with Crippen LogP contribution in [0.1, 0.15) is 26.7 Å². The van der Waals surface area contributed by atoms with E-state index in [4.69, 9.17) is 0 Å². The predicted octanol–water partition coefficient (Wildman–Crippen LogP) is 0.613. The van der Waals surface area contributed by atoms with Gasteiger partial charge in [-0.3, -0.25) is 0 Å². The highest BCUT2D eigenvalue weighted by atomic mass is 32.2. The number of nitrogens with zero attached hydrogens (tertiary/aromatic N) is 1. The molecule has 1 aliphatic rings. The zero-order valence-corrected chi connectivity index (χ0v) is 10.9. The Balaban J connectivity index is 2.46. The summed E-state index contributed by atoms with van der Waals surface area (Å²) in [6.07, 6.45) is 2.36. The summed E-state index contributed by atoms with van der Waals surface area (Å²) in [4.78, 5) is 13.3. The Morgan fingerprint density at radius 2 is 1.81 bits per heavy atom. The molecule has 1 rings (SSSR count). The highest BCUT2D eigenvalue weighted by Crippen LogP contribution is 2.16. The van der Waals surface area contributed by atoms with Crippen molar-refractivity contribution in [1.82, 2.24) is 10.2 Å². The molecule has 5 nitrogen and oxygen atoms in total. The number of hydrogen-bond donors (Lipinski definition) is 1. The molecule has 0 aromatic carbocycles. The van der Waals surface area contributed by atoms with Crippen molar-refractivity contribution in [3.05, 3.63) is 0 Å². The highest BCUT2D eigenvalue weighted by molar-refractivity contribution is 7.91. The number of nitrogens with one attached hydrogen (secondary N) is 1. The predicted molar refractivity (Wildman–Crippen MR) is 63.1 cm³/mol. The van der Waals surface area contributed by atoms with E-state index in [1.54, 1.807) is 4.90 Å². The van der Waals surface area contributed by atoms with Gasteiger partial charge in [0.05, 0.1) is 5.25 Å². The van der Waals surface area contributed by atoms with Gasteiger partial charge in [-0.05, 0) is 26.7 Å². The monoisotopic (exact) mass is 248 g/mol. The molecule has 0 aromatic rings. The molecule has 1 aliphatic heterocycles. The van der Waals surface area contributed by atoms with Crippen LogP contribution in [0.2, 0.25) is 0 Å². The van der Waals surface area contributed by atoms with Crippen molar-refractivity contribution in [3.63, 3.8) is 0 Å². The van der Waals surface area contributed by atoms with Gasteiger partial charge in [-0.2, -0.15) is 0 Å². The lowest BCUT2D eigenvalue weighted by Crippen LogP contribution is -2.48. The average Bonchev–Trinajstić information content (AvgIpc) is 2.15. The van der Waals surface area contributed by atoms with Crippen molar-refractivity contribution in [3.8, 4) is 0 Å². The number of amides is 2. The van der Waals surface area contributed by atoms with Gasteiger partial charge in [0.25, 0.3) is 0 Å². The van der Waals surface area contributed by atoms with E-state index in [1.165, 1.54) is 6.26 Å². The lowest BCUT2D eigenvalue weighted by atomic mass is 10.1. The minimum Gasteiger partial charge on any atom is -0.336 e. The molecule has 1 heterocycles. The molecular weight excluding hydrogens is 228 g/mol. The number of hydrogen-bond acceptors (Lipinski definition) is 3. The first kappa shape index (κ1) is 13.3. The van der Waals surface area contributed by atoms with Crippen molar-refractivity contribution in [1.29, 1.82) is 0 Å². The number of likely N-dealkylation sites (tertiary alicyclic amines) is 1. The second kappa shape index (κ2) is 5.03. The summed E-state index contributed by atoms with van der Waals surface area (Å²) >= 11 is 0. The summed E-state index contributed by atoms with van der Waals surface area (Å²) in [5.41, 5.74) is 0. The fourth-order valence-electron chi connectivity index (χ4n) is 1.83. The number of rotatable bonds is 2. The standard InChI is InChI=1S/C10H20N2O3S/c1-8(2)11-10(13)12-6-4-9(5-7-12)16(3,14)15/h8-9H,4-7H2,1-3H3,(H,11,13). The molecule has 0 atom stereocenters. The van der Waals surface area contributed by atoms with Crippen LogP contribution in [-0.4, -0.2) is 50.0 Å². The summed E-state index contributed by atoms with van der Waals surface area (Å²) in [6, 6.07) is 0.0158. The van der Waals surface area contributed by atoms with Gasteiger partial charge < -0.3 is 10.2 Å². The van der Waals surface area contributed by atoms with Crippen molar-refractivity contribution in [2.45, 2.75) is 38.0 Å². The van der Waals surface area contributed by atoms with Crippen molar-refractivity contribution < 1.29 is 13.2 Å². The van der Waals surface area contributed by atoms with Crippen LogP contribution in [-0.2, 0) is 9.84 Å². The smallest absolute Gasteiger partial charge is 0.317 e. The molecule has 2 amide bonds. The molecule has 0 radical (unpaired) electrons. The Morgan fingerprint density at radius 1 is 1.31 bits per heavy atom. The number of piperidine rings is 1. The van der Waals surface area contributed by atoms with Crippen LogP contribution < -0.4 is 5.32 Å². The van der Waals surface area contributed by atoms with Crippen LogP contribution >= 0.6 is 0 Å². The second-order valence-corrected chi connectivity index (χ2v) is 6.95. The topological polar surface area (TPSA) is 66.5 Å². The van der Waals surface area contributed by atoms with Crippen molar-refractivity contribution in [2.75, 3.05) is 19.3 Å². The summed E-state index contributed by atoms with van der Waals surface area (Å²) < 4.78 is 22.6. The van der Waals surface area contributed by atoms with Crippen molar-refractivity contribution >= 4 is 15.9 Å². The van der Waals surface area contributed by atoms with E-state index in [0.717, 1.165) is 0 Å². The minimum absolute atomic E-state index is 0.0954. The van der Waals surface area contributed by atoms with Gasteiger partial charge in [0.2, 0.25) is 0 Å². The van der Waals surface area contributed by atoms with E-state index in [1.807, 2.05) is 13.8 Å². The molecule has 0 aromatic heterocycles. The van der Waals surface area contributed by atoms with E-state index in [-0.39, 0.29) is 17.3 Å². The largest absolute Gasteiger partial charge is 0.336 e.